The molecule has 130 valence electrons. The fourth-order valence-corrected chi connectivity index (χ4v) is 3.06. The maximum atomic E-state index is 12.5. The van der Waals surface area contributed by atoms with Gasteiger partial charge in [-0.1, -0.05) is 0 Å². The van der Waals surface area contributed by atoms with Crippen molar-refractivity contribution < 1.29 is 14.0 Å². The van der Waals surface area contributed by atoms with Crippen molar-refractivity contribution >= 4 is 11.8 Å². The van der Waals surface area contributed by atoms with E-state index in [-0.39, 0.29) is 23.6 Å². The highest BCUT2D eigenvalue weighted by molar-refractivity contribution is 6.00. The number of furan rings is 1. The third-order valence-corrected chi connectivity index (χ3v) is 4.35. The van der Waals surface area contributed by atoms with Crippen LogP contribution in [0.2, 0.25) is 0 Å². The normalized spacial score (nSPS) is 14.2. The predicted octanol–water partition coefficient (Wildman–Crippen LogP) is 1.99. The summed E-state index contributed by atoms with van der Waals surface area (Å²) >= 11 is 0. The molecule has 0 spiro atoms. The summed E-state index contributed by atoms with van der Waals surface area (Å²) in [7, 11) is 0. The topological polar surface area (TPSA) is 91.3 Å². The van der Waals surface area contributed by atoms with E-state index in [1.54, 1.807) is 40.9 Å². The number of hydrogen-bond donors (Lipinski definition) is 1. The van der Waals surface area contributed by atoms with Crippen LogP contribution in [0, 0.1) is 18.3 Å². The SMILES string of the molecule is Cc1oc(-n2cccc2)c(C#N)c1C(=O)NCC(=O)N1CCCCC1. The number of nitrogens with one attached hydrogen (secondary N) is 1. The number of aryl methyl sites for hydroxylation is 1. The van der Waals surface area contributed by atoms with Gasteiger partial charge in [0, 0.05) is 25.5 Å². The number of piperidine rings is 1. The minimum atomic E-state index is -0.471. The van der Waals surface area contributed by atoms with Crippen LogP contribution in [0.4, 0.5) is 0 Å². The fourth-order valence-electron chi connectivity index (χ4n) is 3.06. The first-order valence-corrected chi connectivity index (χ1v) is 8.34. The number of amides is 2. The van der Waals surface area contributed by atoms with Gasteiger partial charge in [0.2, 0.25) is 11.8 Å². The predicted molar refractivity (Wildman–Crippen MR) is 90.3 cm³/mol. The molecule has 0 aliphatic carbocycles. The molecule has 0 atom stereocenters. The van der Waals surface area contributed by atoms with Crippen molar-refractivity contribution in [2.75, 3.05) is 19.6 Å². The molecule has 2 aromatic heterocycles. The van der Waals surface area contributed by atoms with Crippen molar-refractivity contribution in [1.29, 1.82) is 5.26 Å². The number of rotatable bonds is 4. The van der Waals surface area contributed by atoms with Gasteiger partial charge < -0.3 is 14.6 Å². The summed E-state index contributed by atoms with van der Waals surface area (Å²) in [6.45, 7) is 3.03. The molecule has 7 nitrogen and oxygen atoms in total. The third-order valence-electron chi connectivity index (χ3n) is 4.35. The second kappa shape index (κ2) is 7.26. The molecule has 2 aromatic rings. The van der Waals surface area contributed by atoms with Crippen molar-refractivity contribution in [3.8, 4) is 12.0 Å². The summed E-state index contributed by atoms with van der Waals surface area (Å²) in [6, 6.07) is 5.64. The lowest BCUT2D eigenvalue weighted by Gasteiger charge is -2.26. The average Bonchev–Trinajstić information content (AvgIpc) is 3.27. The maximum absolute atomic E-state index is 12.5. The van der Waals surface area contributed by atoms with Crippen LogP contribution in [0.1, 0.15) is 40.9 Å². The molecule has 0 radical (unpaired) electrons. The molecular weight excluding hydrogens is 320 g/mol. The molecule has 0 bridgehead atoms. The number of carbonyl (C=O) groups excluding carboxylic acids is 2. The third kappa shape index (κ3) is 3.43. The van der Waals surface area contributed by atoms with Gasteiger partial charge in [0.25, 0.3) is 5.91 Å². The van der Waals surface area contributed by atoms with E-state index in [1.807, 2.05) is 6.07 Å². The lowest BCUT2D eigenvalue weighted by molar-refractivity contribution is -0.130. The van der Waals surface area contributed by atoms with Crippen LogP contribution < -0.4 is 5.32 Å². The number of hydrogen-bond acceptors (Lipinski definition) is 4. The van der Waals surface area contributed by atoms with E-state index < -0.39 is 5.91 Å². The monoisotopic (exact) mass is 340 g/mol. The highest BCUT2D eigenvalue weighted by Crippen LogP contribution is 2.25. The summed E-state index contributed by atoms with van der Waals surface area (Å²) in [5.74, 6) is 0.0839. The van der Waals surface area contributed by atoms with Crippen molar-refractivity contribution in [2.45, 2.75) is 26.2 Å². The van der Waals surface area contributed by atoms with Crippen molar-refractivity contribution in [3.05, 3.63) is 41.4 Å². The lowest BCUT2D eigenvalue weighted by atomic mass is 10.1. The number of nitrogens with zero attached hydrogens (tertiary/aromatic N) is 3. The number of likely N-dealkylation sites (tertiary alicyclic amines) is 1. The summed E-state index contributed by atoms with van der Waals surface area (Å²) < 4.78 is 7.25. The van der Waals surface area contributed by atoms with Gasteiger partial charge in [0.05, 0.1) is 6.54 Å². The Bertz CT molecular complexity index is 808. The molecule has 1 fully saturated rings. The zero-order chi connectivity index (χ0) is 17.8. The van der Waals surface area contributed by atoms with E-state index in [9.17, 15) is 14.9 Å². The van der Waals surface area contributed by atoms with Crippen molar-refractivity contribution in [3.63, 3.8) is 0 Å². The quantitative estimate of drug-likeness (QED) is 0.921. The molecule has 25 heavy (non-hydrogen) atoms. The molecule has 0 aromatic carbocycles. The van der Waals surface area contributed by atoms with Crippen LogP contribution >= 0.6 is 0 Å². The zero-order valence-electron chi connectivity index (χ0n) is 14.1. The Balaban J connectivity index is 1.74. The van der Waals surface area contributed by atoms with Gasteiger partial charge in [0.1, 0.15) is 23.0 Å². The first-order chi connectivity index (χ1) is 12.1. The molecule has 1 N–H and O–H groups in total. The first-order valence-electron chi connectivity index (χ1n) is 8.34. The minimum absolute atomic E-state index is 0.0762. The Labute approximate surface area is 145 Å². The summed E-state index contributed by atoms with van der Waals surface area (Å²) in [5, 5.41) is 12.1. The van der Waals surface area contributed by atoms with Crippen molar-refractivity contribution in [2.24, 2.45) is 0 Å². The van der Waals surface area contributed by atoms with Crippen LogP contribution in [0.15, 0.2) is 28.9 Å². The van der Waals surface area contributed by atoms with Crippen LogP contribution in [-0.4, -0.2) is 40.9 Å². The van der Waals surface area contributed by atoms with Crippen LogP contribution in [0.5, 0.6) is 0 Å². The standard InChI is InChI=1S/C18H20N4O3/c1-13-16(14(11-19)18(25-13)22-9-5-6-10-22)17(24)20-12-15(23)21-7-3-2-4-8-21/h5-6,9-10H,2-4,7-8,12H2,1H3,(H,20,24). The van der Waals surface area contributed by atoms with Crippen LogP contribution in [0.3, 0.4) is 0 Å². The number of carbonyl (C=O) groups is 2. The van der Waals surface area contributed by atoms with E-state index in [1.165, 1.54) is 0 Å². The molecule has 3 rings (SSSR count). The van der Waals surface area contributed by atoms with E-state index in [2.05, 4.69) is 5.32 Å². The van der Waals surface area contributed by atoms with E-state index in [0.29, 0.717) is 11.6 Å². The highest BCUT2D eigenvalue weighted by Gasteiger charge is 2.25. The fraction of sp³-hybridized carbons (Fsp3) is 0.389. The molecule has 1 aliphatic rings. The average molecular weight is 340 g/mol. The summed E-state index contributed by atoms with van der Waals surface area (Å²) in [6.07, 6.45) is 6.61. The molecule has 3 heterocycles. The maximum Gasteiger partial charge on any atom is 0.256 e. The highest BCUT2D eigenvalue weighted by atomic mass is 16.4. The largest absolute Gasteiger partial charge is 0.443 e. The van der Waals surface area contributed by atoms with Crippen LogP contribution in [-0.2, 0) is 4.79 Å². The van der Waals surface area contributed by atoms with E-state index >= 15 is 0 Å². The first kappa shape index (κ1) is 16.8. The summed E-state index contributed by atoms with van der Waals surface area (Å²) in [5.41, 5.74) is 0.342. The molecule has 1 aliphatic heterocycles. The molecule has 0 saturated carbocycles. The lowest BCUT2D eigenvalue weighted by Crippen LogP contribution is -2.42. The second-order valence-corrected chi connectivity index (χ2v) is 6.04. The van der Waals surface area contributed by atoms with Gasteiger partial charge in [-0.3, -0.25) is 14.2 Å². The Hall–Kier alpha value is -3.01. The summed E-state index contributed by atoms with van der Waals surface area (Å²) in [4.78, 5) is 26.5. The van der Waals surface area contributed by atoms with Gasteiger partial charge in [-0.15, -0.1) is 0 Å². The minimum Gasteiger partial charge on any atom is -0.443 e. The van der Waals surface area contributed by atoms with Crippen LogP contribution in [0.25, 0.3) is 5.88 Å². The second-order valence-electron chi connectivity index (χ2n) is 6.04. The molecule has 0 unspecified atom stereocenters. The Kier molecular flexibility index (Phi) is 4.89. The van der Waals surface area contributed by atoms with E-state index in [4.69, 9.17) is 4.42 Å². The number of aromatic nitrogens is 1. The van der Waals surface area contributed by atoms with Gasteiger partial charge in [-0.05, 0) is 38.3 Å². The van der Waals surface area contributed by atoms with Gasteiger partial charge in [0.15, 0.2) is 0 Å². The van der Waals surface area contributed by atoms with Crippen molar-refractivity contribution in [1.82, 2.24) is 14.8 Å². The van der Waals surface area contributed by atoms with Gasteiger partial charge in [-0.2, -0.15) is 5.26 Å². The zero-order valence-corrected chi connectivity index (χ0v) is 14.1. The smallest absolute Gasteiger partial charge is 0.256 e. The molecular formula is C18H20N4O3. The molecule has 1 saturated heterocycles. The Morgan fingerprint density at radius 3 is 2.56 bits per heavy atom. The Morgan fingerprint density at radius 2 is 1.92 bits per heavy atom. The number of nitriles is 1. The molecule has 2 amide bonds. The van der Waals surface area contributed by atoms with E-state index in [0.717, 1.165) is 32.4 Å². The van der Waals surface area contributed by atoms with Gasteiger partial charge in [-0.25, -0.2) is 0 Å². The Morgan fingerprint density at radius 1 is 1.24 bits per heavy atom. The van der Waals surface area contributed by atoms with Gasteiger partial charge >= 0.3 is 0 Å². The molecule has 7 heteroatoms.